The Morgan fingerprint density at radius 1 is 0.636 bits per heavy atom. The van der Waals surface area contributed by atoms with Gasteiger partial charge in [0, 0.05) is 11.1 Å². The second kappa shape index (κ2) is 6.94. The Hall–Kier alpha value is -3.28. The van der Waals surface area contributed by atoms with E-state index in [0.29, 0.717) is 22.5 Å². The zero-order valence-electron chi connectivity index (χ0n) is 11.7. The molecule has 22 heavy (non-hydrogen) atoms. The van der Waals surface area contributed by atoms with Gasteiger partial charge in [-0.05, 0) is 0 Å². The fourth-order valence-electron chi connectivity index (χ4n) is 2.01. The van der Waals surface area contributed by atoms with Crippen molar-refractivity contribution >= 4 is 23.5 Å². The molecule has 0 spiro atoms. The number of benzene rings is 2. The van der Waals surface area contributed by atoms with Crippen LogP contribution in [0.25, 0.3) is 11.4 Å². The van der Waals surface area contributed by atoms with E-state index < -0.39 is 12.1 Å². The van der Waals surface area contributed by atoms with Crippen molar-refractivity contribution in [3.63, 3.8) is 0 Å². The summed E-state index contributed by atoms with van der Waals surface area (Å²) >= 11 is 0. The summed E-state index contributed by atoms with van der Waals surface area (Å²) in [7, 11) is 0. The van der Waals surface area contributed by atoms with E-state index in [1.807, 2.05) is 36.4 Å². The van der Waals surface area contributed by atoms with Crippen LogP contribution in [-0.4, -0.2) is 12.1 Å². The van der Waals surface area contributed by atoms with Crippen LogP contribution in [0.1, 0.15) is 11.1 Å². The second-order valence-corrected chi connectivity index (χ2v) is 4.46. The lowest BCUT2D eigenvalue weighted by Gasteiger charge is -2.16. The van der Waals surface area contributed by atoms with Crippen LogP contribution in [0.15, 0.2) is 60.7 Å². The van der Waals surface area contributed by atoms with E-state index >= 15 is 0 Å². The highest BCUT2D eigenvalue weighted by Gasteiger charge is 2.14. The van der Waals surface area contributed by atoms with Gasteiger partial charge in [-0.1, -0.05) is 60.7 Å². The van der Waals surface area contributed by atoms with Gasteiger partial charge in [0.2, 0.25) is 0 Å². The van der Waals surface area contributed by atoms with Gasteiger partial charge in [0.05, 0.1) is 11.4 Å². The number of carbonyl (C=O) groups excluding carboxylic acids is 2. The molecule has 0 aromatic heterocycles. The van der Waals surface area contributed by atoms with Gasteiger partial charge in [-0.25, -0.2) is 9.59 Å². The van der Waals surface area contributed by atoms with E-state index in [2.05, 4.69) is 10.6 Å². The average molecular weight is 296 g/mol. The van der Waals surface area contributed by atoms with Crippen LogP contribution >= 0.6 is 0 Å². The number of rotatable bonds is 4. The van der Waals surface area contributed by atoms with Gasteiger partial charge in [0.1, 0.15) is 0 Å². The fourth-order valence-corrected chi connectivity index (χ4v) is 2.01. The van der Waals surface area contributed by atoms with Crippen LogP contribution in [0.3, 0.4) is 0 Å². The van der Waals surface area contributed by atoms with Gasteiger partial charge in [-0.3, -0.25) is 0 Å². The van der Waals surface area contributed by atoms with Gasteiger partial charge in [-0.2, -0.15) is 0 Å². The van der Waals surface area contributed by atoms with E-state index in [-0.39, 0.29) is 0 Å². The molecule has 0 saturated heterocycles. The summed E-state index contributed by atoms with van der Waals surface area (Å²) in [5.74, 6) is 0. The second-order valence-electron chi connectivity index (χ2n) is 4.46. The summed E-state index contributed by atoms with van der Waals surface area (Å²) in [5, 5.41) is 5.10. The maximum Gasteiger partial charge on any atom is 0.316 e. The Bertz CT molecular complexity index is 635. The quantitative estimate of drug-likeness (QED) is 0.646. The van der Waals surface area contributed by atoms with E-state index in [1.54, 1.807) is 24.3 Å². The van der Waals surface area contributed by atoms with Crippen molar-refractivity contribution < 1.29 is 9.59 Å². The van der Waals surface area contributed by atoms with Crippen LogP contribution in [0, 0.1) is 0 Å². The Labute approximate surface area is 127 Å². The molecule has 0 unspecified atom stereocenters. The van der Waals surface area contributed by atoms with Crippen LogP contribution in [0.4, 0.5) is 9.59 Å². The molecule has 2 rings (SSSR count). The van der Waals surface area contributed by atoms with Crippen molar-refractivity contribution in [1.82, 2.24) is 10.6 Å². The van der Waals surface area contributed by atoms with Gasteiger partial charge < -0.3 is 22.1 Å². The van der Waals surface area contributed by atoms with Crippen molar-refractivity contribution in [1.29, 1.82) is 0 Å². The molecule has 0 aliphatic heterocycles. The molecule has 112 valence electrons. The molecule has 0 heterocycles. The third kappa shape index (κ3) is 3.86. The number of hydrogen-bond acceptors (Lipinski definition) is 2. The minimum Gasteiger partial charge on any atom is -0.351 e. The van der Waals surface area contributed by atoms with Crippen molar-refractivity contribution in [2.24, 2.45) is 11.5 Å². The number of nitrogens with one attached hydrogen (secondary N) is 2. The average Bonchev–Trinajstić information content (AvgIpc) is 2.52. The molecule has 2 aromatic rings. The van der Waals surface area contributed by atoms with Crippen molar-refractivity contribution in [3.8, 4) is 0 Å². The zero-order chi connectivity index (χ0) is 15.9. The predicted molar refractivity (Wildman–Crippen MR) is 85.1 cm³/mol. The van der Waals surface area contributed by atoms with E-state index in [9.17, 15) is 9.59 Å². The molecular formula is C16H16N4O2. The molecule has 0 aliphatic rings. The van der Waals surface area contributed by atoms with Crippen LogP contribution in [0.2, 0.25) is 0 Å². The van der Waals surface area contributed by atoms with Gasteiger partial charge in [0.15, 0.2) is 0 Å². The van der Waals surface area contributed by atoms with Crippen molar-refractivity contribution in [3.05, 3.63) is 71.8 Å². The first kappa shape index (κ1) is 15.1. The maximum absolute atomic E-state index is 11.3. The molecule has 2 aromatic carbocycles. The first-order valence-corrected chi connectivity index (χ1v) is 6.56. The molecule has 6 N–H and O–H groups in total. The summed E-state index contributed by atoms with van der Waals surface area (Å²) in [6.45, 7) is 0. The molecule has 0 saturated carbocycles. The van der Waals surface area contributed by atoms with Crippen molar-refractivity contribution in [2.45, 2.75) is 0 Å². The first-order chi connectivity index (χ1) is 10.6. The Kier molecular flexibility index (Phi) is 4.77. The summed E-state index contributed by atoms with van der Waals surface area (Å²) in [6, 6.07) is 16.6. The standard InChI is InChI=1S/C16H16N4O2/c17-15(21)19-13(11-7-3-1-4-8-11)14(20-16(18)22)12-9-5-2-6-10-12/h1-10H,(H3,17,19,21)(H3,18,20,22). The smallest absolute Gasteiger partial charge is 0.316 e. The Balaban J connectivity index is 2.64. The van der Waals surface area contributed by atoms with E-state index in [4.69, 9.17) is 11.5 Å². The third-order valence-corrected chi connectivity index (χ3v) is 2.87. The van der Waals surface area contributed by atoms with Crippen molar-refractivity contribution in [2.75, 3.05) is 0 Å². The minimum absolute atomic E-state index is 0.373. The number of urea groups is 2. The molecule has 0 radical (unpaired) electrons. The lowest BCUT2D eigenvalue weighted by atomic mass is 10.0. The fraction of sp³-hybridized carbons (Fsp3) is 0. The van der Waals surface area contributed by atoms with Gasteiger partial charge >= 0.3 is 12.1 Å². The maximum atomic E-state index is 11.3. The van der Waals surface area contributed by atoms with E-state index in [0.717, 1.165) is 0 Å². The van der Waals surface area contributed by atoms with Gasteiger partial charge in [-0.15, -0.1) is 0 Å². The van der Waals surface area contributed by atoms with Crippen LogP contribution in [-0.2, 0) is 0 Å². The monoisotopic (exact) mass is 296 g/mol. The number of primary amides is 2. The third-order valence-electron chi connectivity index (χ3n) is 2.87. The predicted octanol–water partition coefficient (Wildman–Crippen LogP) is 1.85. The zero-order valence-corrected chi connectivity index (χ0v) is 11.7. The minimum atomic E-state index is -0.737. The molecule has 0 bridgehead atoms. The van der Waals surface area contributed by atoms with Crippen LogP contribution in [0.5, 0.6) is 0 Å². The normalized spacial score (nSPS) is 11.3. The molecular weight excluding hydrogens is 280 g/mol. The summed E-state index contributed by atoms with van der Waals surface area (Å²) in [5.41, 5.74) is 12.6. The lowest BCUT2D eigenvalue weighted by Crippen LogP contribution is -2.34. The van der Waals surface area contributed by atoms with E-state index in [1.165, 1.54) is 0 Å². The van der Waals surface area contributed by atoms with Crippen LogP contribution < -0.4 is 22.1 Å². The Morgan fingerprint density at radius 3 is 1.23 bits per heavy atom. The molecule has 6 nitrogen and oxygen atoms in total. The molecule has 4 amide bonds. The largest absolute Gasteiger partial charge is 0.351 e. The molecule has 0 atom stereocenters. The van der Waals surface area contributed by atoms with Gasteiger partial charge in [0.25, 0.3) is 0 Å². The number of nitrogens with two attached hydrogens (primary N) is 2. The topological polar surface area (TPSA) is 110 Å². The number of hydrogen-bond donors (Lipinski definition) is 4. The lowest BCUT2D eigenvalue weighted by molar-refractivity contribution is 0.251. The highest BCUT2D eigenvalue weighted by atomic mass is 16.2. The first-order valence-electron chi connectivity index (χ1n) is 6.56. The Morgan fingerprint density at radius 2 is 0.955 bits per heavy atom. The number of carbonyl (C=O) groups is 2. The highest BCUT2D eigenvalue weighted by Crippen LogP contribution is 2.22. The summed E-state index contributed by atoms with van der Waals surface area (Å²) < 4.78 is 0. The molecule has 0 aliphatic carbocycles. The highest BCUT2D eigenvalue weighted by molar-refractivity contribution is 6.00. The number of amides is 4. The summed E-state index contributed by atoms with van der Waals surface area (Å²) in [6.07, 6.45) is 0. The molecule has 0 fully saturated rings. The SMILES string of the molecule is NC(=O)NC(=C(NC(N)=O)c1ccccc1)c1ccccc1. The molecule has 6 heteroatoms. The summed E-state index contributed by atoms with van der Waals surface area (Å²) in [4.78, 5) is 22.7.